The van der Waals surface area contributed by atoms with Gasteiger partial charge in [-0.15, -0.1) is 0 Å². The van der Waals surface area contributed by atoms with Crippen molar-refractivity contribution in [1.82, 2.24) is 9.88 Å². The maximum atomic E-state index is 14.5. The standard InChI is InChI=1S/C34H31ClFIN2O2/c1-39(2)19-18-34(41-37,29-15-9-13-23-10-7-8-14-27(23)29)32(24-11-5-4-6-12-24)28-20-26(22-38-33(28)40-3)25-16-17-30(35)31(36)21-25/h4-17,20-22,32H,18-19H2,1-3H3. The maximum Gasteiger partial charge on any atom is 0.217 e. The first-order valence-corrected chi connectivity index (χ1v) is 14.6. The molecule has 0 aliphatic heterocycles. The van der Waals surface area contributed by atoms with E-state index in [2.05, 4.69) is 96.6 Å². The minimum atomic E-state index is -0.828. The van der Waals surface area contributed by atoms with Crippen LogP contribution in [0.4, 0.5) is 4.39 Å². The molecule has 1 aromatic heterocycles. The molecule has 4 nitrogen and oxygen atoms in total. The molecule has 41 heavy (non-hydrogen) atoms. The largest absolute Gasteiger partial charge is 0.481 e. The number of halogens is 3. The van der Waals surface area contributed by atoms with Crippen molar-refractivity contribution < 1.29 is 12.2 Å². The van der Waals surface area contributed by atoms with Gasteiger partial charge in [0.2, 0.25) is 5.88 Å². The van der Waals surface area contributed by atoms with Crippen LogP contribution >= 0.6 is 34.6 Å². The van der Waals surface area contributed by atoms with Crippen LogP contribution in [0, 0.1) is 5.82 Å². The number of fused-ring (bicyclic) bond motifs is 1. The van der Waals surface area contributed by atoms with Gasteiger partial charge in [-0.1, -0.05) is 90.5 Å². The first-order chi connectivity index (χ1) is 19.9. The number of benzene rings is 4. The first-order valence-electron chi connectivity index (χ1n) is 13.3. The lowest BCUT2D eigenvalue weighted by Crippen LogP contribution is -2.38. The van der Waals surface area contributed by atoms with E-state index >= 15 is 0 Å². The molecule has 0 aliphatic carbocycles. The lowest BCUT2D eigenvalue weighted by Gasteiger charge is -2.41. The van der Waals surface area contributed by atoms with E-state index < -0.39 is 11.4 Å². The van der Waals surface area contributed by atoms with Crippen molar-refractivity contribution in [3.8, 4) is 17.0 Å². The highest BCUT2D eigenvalue weighted by molar-refractivity contribution is 14.1. The van der Waals surface area contributed by atoms with Gasteiger partial charge in [0.1, 0.15) is 34.4 Å². The summed E-state index contributed by atoms with van der Waals surface area (Å²) < 4.78 is 27.1. The van der Waals surface area contributed by atoms with Crippen LogP contribution in [0.5, 0.6) is 5.88 Å². The van der Waals surface area contributed by atoms with E-state index in [9.17, 15) is 4.39 Å². The van der Waals surface area contributed by atoms with Gasteiger partial charge in [0, 0.05) is 29.8 Å². The van der Waals surface area contributed by atoms with E-state index in [0.717, 1.165) is 39.6 Å². The Bertz CT molecular complexity index is 1640. The Hall–Kier alpha value is -3.04. The minimum Gasteiger partial charge on any atom is -0.481 e. The summed E-state index contributed by atoms with van der Waals surface area (Å²) in [5, 5.41) is 2.33. The van der Waals surface area contributed by atoms with Crippen LogP contribution in [-0.2, 0) is 8.67 Å². The van der Waals surface area contributed by atoms with Gasteiger partial charge in [-0.2, -0.15) is 0 Å². The van der Waals surface area contributed by atoms with E-state index in [0.29, 0.717) is 17.9 Å². The fourth-order valence-corrected chi connectivity index (χ4v) is 6.40. The molecule has 0 fully saturated rings. The zero-order chi connectivity index (χ0) is 29.0. The molecule has 4 aromatic carbocycles. The second kappa shape index (κ2) is 12.9. The monoisotopic (exact) mass is 680 g/mol. The normalized spacial score (nSPS) is 13.7. The second-order valence-corrected chi connectivity index (χ2v) is 11.2. The Labute approximate surface area is 259 Å². The van der Waals surface area contributed by atoms with Gasteiger partial charge in [0.25, 0.3) is 0 Å². The summed E-state index contributed by atoms with van der Waals surface area (Å²) in [4.78, 5) is 6.89. The molecule has 0 saturated carbocycles. The minimum absolute atomic E-state index is 0.0783. The van der Waals surface area contributed by atoms with E-state index in [4.69, 9.17) is 24.4 Å². The van der Waals surface area contributed by atoms with Crippen molar-refractivity contribution in [3.63, 3.8) is 0 Å². The van der Waals surface area contributed by atoms with Crippen LogP contribution in [0.25, 0.3) is 21.9 Å². The Balaban J connectivity index is 1.84. The third kappa shape index (κ3) is 5.97. The Kier molecular flexibility index (Phi) is 9.24. The summed E-state index contributed by atoms with van der Waals surface area (Å²) in [6.45, 7) is 0.771. The molecule has 2 atom stereocenters. The summed E-state index contributed by atoms with van der Waals surface area (Å²) >= 11 is 8.06. The highest BCUT2D eigenvalue weighted by atomic mass is 127. The molecule has 0 spiro atoms. The number of nitrogens with zero attached hydrogens (tertiary/aromatic N) is 2. The first kappa shape index (κ1) is 29.5. The van der Waals surface area contributed by atoms with Gasteiger partial charge >= 0.3 is 0 Å². The van der Waals surface area contributed by atoms with Gasteiger partial charge in [-0.25, -0.2) is 9.37 Å². The highest BCUT2D eigenvalue weighted by Crippen LogP contribution is 2.52. The fraction of sp³-hybridized carbons (Fsp3) is 0.206. The van der Waals surface area contributed by atoms with Crippen molar-refractivity contribution in [3.05, 3.63) is 131 Å². The van der Waals surface area contributed by atoms with Crippen LogP contribution in [0.15, 0.2) is 103 Å². The summed E-state index contributed by atoms with van der Waals surface area (Å²) in [6.07, 6.45) is 2.39. The molecule has 0 saturated heterocycles. The molecule has 210 valence electrons. The van der Waals surface area contributed by atoms with Crippen molar-refractivity contribution in [2.24, 2.45) is 0 Å². The number of ether oxygens (including phenoxy) is 1. The predicted molar refractivity (Wildman–Crippen MR) is 173 cm³/mol. The fourth-order valence-electron chi connectivity index (χ4n) is 5.57. The molecule has 0 N–H and O–H groups in total. The summed E-state index contributed by atoms with van der Waals surface area (Å²) in [7, 11) is 5.76. The third-order valence-electron chi connectivity index (χ3n) is 7.55. The van der Waals surface area contributed by atoms with Crippen molar-refractivity contribution in [2.75, 3.05) is 27.7 Å². The van der Waals surface area contributed by atoms with Crippen LogP contribution < -0.4 is 4.74 Å². The molecule has 0 aliphatic rings. The molecule has 1 heterocycles. The van der Waals surface area contributed by atoms with Crippen LogP contribution in [0.1, 0.15) is 29.0 Å². The molecule has 2 unspecified atom stereocenters. The summed E-state index contributed by atoms with van der Waals surface area (Å²) in [6, 6.07) is 31.9. The lowest BCUT2D eigenvalue weighted by atomic mass is 9.70. The molecule has 0 amide bonds. The molecule has 0 radical (unpaired) electrons. The average Bonchev–Trinajstić information content (AvgIpc) is 3.00. The van der Waals surface area contributed by atoms with Crippen LogP contribution in [0.3, 0.4) is 0 Å². The highest BCUT2D eigenvalue weighted by Gasteiger charge is 2.46. The van der Waals surface area contributed by atoms with Gasteiger partial charge in [0.15, 0.2) is 0 Å². The Morgan fingerprint density at radius 3 is 2.37 bits per heavy atom. The van der Waals surface area contributed by atoms with E-state index in [1.54, 1.807) is 25.4 Å². The predicted octanol–water partition coefficient (Wildman–Crippen LogP) is 9.05. The third-order valence-corrected chi connectivity index (χ3v) is 8.64. The van der Waals surface area contributed by atoms with E-state index in [1.165, 1.54) is 6.07 Å². The van der Waals surface area contributed by atoms with Gasteiger partial charge in [-0.3, -0.25) is 0 Å². The molecule has 5 rings (SSSR count). The van der Waals surface area contributed by atoms with Gasteiger partial charge < -0.3 is 12.7 Å². The summed E-state index contributed by atoms with van der Waals surface area (Å²) in [5.41, 5.74) is 3.57. The molecule has 5 aromatic rings. The van der Waals surface area contributed by atoms with E-state index in [1.807, 2.05) is 24.3 Å². The smallest absolute Gasteiger partial charge is 0.217 e. The van der Waals surface area contributed by atoms with Crippen LogP contribution in [0.2, 0.25) is 5.02 Å². The molecule has 0 bridgehead atoms. The molecular formula is C34H31ClFIN2O2. The molecular weight excluding hydrogens is 650 g/mol. The second-order valence-electron chi connectivity index (χ2n) is 10.3. The lowest BCUT2D eigenvalue weighted by molar-refractivity contribution is 0.0810. The number of methoxy groups -OCH3 is 1. The zero-order valence-corrected chi connectivity index (χ0v) is 26.1. The average molecular weight is 681 g/mol. The van der Waals surface area contributed by atoms with E-state index in [-0.39, 0.29) is 10.9 Å². The maximum absolute atomic E-state index is 14.5. The summed E-state index contributed by atoms with van der Waals surface area (Å²) in [5.74, 6) is -0.321. The number of hydrogen-bond donors (Lipinski definition) is 0. The molecule has 7 heteroatoms. The number of pyridine rings is 1. The Morgan fingerprint density at radius 2 is 1.66 bits per heavy atom. The van der Waals surface area contributed by atoms with Crippen molar-refractivity contribution >= 4 is 45.4 Å². The van der Waals surface area contributed by atoms with Crippen LogP contribution in [-0.4, -0.2) is 37.6 Å². The van der Waals surface area contributed by atoms with Gasteiger partial charge in [-0.05, 0) is 66.2 Å². The Morgan fingerprint density at radius 1 is 0.927 bits per heavy atom. The van der Waals surface area contributed by atoms with Crippen molar-refractivity contribution in [2.45, 2.75) is 17.9 Å². The SMILES string of the molecule is COc1ncc(-c2ccc(Cl)c(F)c2)cc1C(c1ccccc1)C(CCN(C)C)(OI)c1cccc2ccccc12. The van der Waals surface area contributed by atoms with Crippen molar-refractivity contribution in [1.29, 1.82) is 0 Å². The number of hydrogen-bond acceptors (Lipinski definition) is 4. The quantitative estimate of drug-likeness (QED) is 0.138. The number of aromatic nitrogens is 1. The zero-order valence-electron chi connectivity index (χ0n) is 23.2. The van der Waals surface area contributed by atoms with Gasteiger partial charge in [0.05, 0.1) is 12.1 Å². The number of rotatable bonds is 10. The topological polar surface area (TPSA) is 34.6 Å².